The first-order valence-corrected chi connectivity index (χ1v) is 12.5. The van der Waals surface area contributed by atoms with Crippen LogP contribution < -0.4 is 15.1 Å². The Morgan fingerprint density at radius 3 is 2.60 bits per heavy atom. The second-order valence-electron chi connectivity index (χ2n) is 9.69. The van der Waals surface area contributed by atoms with Gasteiger partial charge in [-0.3, -0.25) is 9.69 Å². The number of pyridine rings is 1. The molecular weight excluding hydrogens is 449 g/mol. The van der Waals surface area contributed by atoms with E-state index in [1.165, 1.54) is 48.2 Å². The molecule has 1 N–H and O–H groups in total. The Bertz CT molecular complexity index is 1300. The largest absolute Gasteiger partial charge is 0.487 e. The number of rotatable bonds is 5. The van der Waals surface area contributed by atoms with Crippen molar-refractivity contribution < 1.29 is 19.0 Å². The predicted molar refractivity (Wildman–Crippen MR) is 134 cm³/mol. The van der Waals surface area contributed by atoms with E-state index in [1.807, 2.05) is 4.90 Å². The van der Waals surface area contributed by atoms with Crippen molar-refractivity contribution in [2.45, 2.75) is 46.1 Å². The van der Waals surface area contributed by atoms with Gasteiger partial charge in [0.15, 0.2) is 11.6 Å². The van der Waals surface area contributed by atoms with Gasteiger partial charge in [0.2, 0.25) is 5.43 Å². The van der Waals surface area contributed by atoms with E-state index in [1.54, 1.807) is 4.57 Å². The summed E-state index contributed by atoms with van der Waals surface area (Å²) in [6, 6.07) is 1.18. The minimum Gasteiger partial charge on any atom is -0.487 e. The van der Waals surface area contributed by atoms with E-state index in [9.17, 15) is 14.7 Å². The van der Waals surface area contributed by atoms with Crippen LogP contribution in [0.1, 0.15) is 49.9 Å². The molecular formula is C27H32FN3O4. The fourth-order valence-electron chi connectivity index (χ4n) is 5.72. The van der Waals surface area contributed by atoms with Crippen LogP contribution in [0.4, 0.5) is 10.1 Å². The van der Waals surface area contributed by atoms with Crippen molar-refractivity contribution in [3.05, 3.63) is 56.7 Å². The Morgan fingerprint density at radius 1 is 1.17 bits per heavy atom. The highest BCUT2D eigenvalue weighted by atomic mass is 19.1. The lowest BCUT2D eigenvalue weighted by Crippen LogP contribution is -2.47. The summed E-state index contributed by atoms with van der Waals surface area (Å²) in [5, 5.41) is 9.45. The molecule has 0 radical (unpaired) electrons. The molecule has 1 fully saturated rings. The van der Waals surface area contributed by atoms with Gasteiger partial charge in [0, 0.05) is 38.9 Å². The Kier molecular flexibility index (Phi) is 6.40. The van der Waals surface area contributed by atoms with Crippen molar-refractivity contribution in [2.24, 2.45) is 0 Å². The van der Waals surface area contributed by atoms with Crippen LogP contribution in [-0.4, -0.2) is 59.9 Å². The zero-order chi connectivity index (χ0) is 24.7. The summed E-state index contributed by atoms with van der Waals surface area (Å²) >= 11 is 0. The maximum atomic E-state index is 15.4. The molecule has 0 saturated carbocycles. The molecule has 1 aromatic carbocycles. The summed E-state index contributed by atoms with van der Waals surface area (Å²) in [6.07, 6.45) is 8.45. The van der Waals surface area contributed by atoms with Gasteiger partial charge in [-0.15, -0.1) is 0 Å². The topological polar surface area (TPSA) is 75.0 Å². The second-order valence-corrected chi connectivity index (χ2v) is 9.69. The van der Waals surface area contributed by atoms with Gasteiger partial charge in [-0.1, -0.05) is 11.6 Å². The van der Waals surface area contributed by atoms with Crippen LogP contribution >= 0.6 is 0 Å². The predicted octanol–water partition coefficient (Wildman–Crippen LogP) is 4.19. The van der Waals surface area contributed by atoms with Crippen molar-refractivity contribution in [3.63, 3.8) is 0 Å². The molecule has 1 aromatic heterocycles. The Labute approximate surface area is 204 Å². The van der Waals surface area contributed by atoms with Gasteiger partial charge in [0.25, 0.3) is 0 Å². The van der Waals surface area contributed by atoms with Gasteiger partial charge in [0.05, 0.1) is 17.4 Å². The maximum absolute atomic E-state index is 15.4. The number of benzene rings is 1. The summed E-state index contributed by atoms with van der Waals surface area (Å²) < 4.78 is 23.0. The third-order valence-corrected chi connectivity index (χ3v) is 7.62. The number of aromatic nitrogens is 1. The van der Waals surface area contributed by atoms with Gasteiger partial charge < -0.3 is 19.3 Å². The van der Waals surface area contributed by atoms with E-state index in [-0.39, 0.29) is 10.9 Å². The number of halogens is 1. The Morgan fingerprint density at radius 2 is 1.91 bits per heavy atom. The van der Waals surface area contributed by atoms with E-state index >= 15 is 4.39 Å². The molecule has 7 nitrogen and oxygen atoms in total. The molecule has 0 spiro atoms. The molecule has 3 aliphatic rings. The highest BCUT2D eigenvalue weighted by molar-refractivity contribution is 5.97. The van der Waals surface area contributed by atoms with Gasteiger partial charge >= 0.3 is 5.97 Å². The van der Waals surface area contributed by atoms with Crippen molar-refractivity contribution in [3.8, 4) is 5.75 Å². The fourth-order valence-corrected chi connectivity index (χ4v) is 5.72. The highest BCUT2D eigenvalue weighted by Crippen LogP contribution is 2.40. The van der Waals surface area contributed by atoms with Crippen molar-refractivity contribution in [2.75, 3.05) is 44.2 Å². The minimum absolute atomic E-state index is 0.0494. The molecule has 0 amide bonds. The lowest BCUT2D eigenvalue weighted by molar-refractivity contribution is 0.0694. The van der Waals surface area contributed by atoms with E-state index in [0.29, 0.717) is 43.2 Å². The van der Waals surface area contributed by atoms with E-state index in [0.717, 1.165) is 26.1 Å². The standard InChI is InChI=1S/C27H32FN3O4/c1-3-18(19-7-5-4-6-17(19)2)15-29-8-10-30(11-9-29)24-22(28)14-20-23-26(24)35-13-12-31(23)16-21(25(20)32)27(33)34/h3,14,16H,4-13,15H2,1-2H3,(H,33,34)/b18-3-. The number of hydrogen-bond donors (Lipinski definition) is 1. The van der Waals surface area contributed by atoms with Crippen molar-refractivity contribution in [1.29, 1.82) is 0 Å². The maximum Gasteiger partial charge on any atom is 0.341 e. The number of aromatic carboxylic acids is 1. The molecule has 0 atom stereocenters. The van der Waals surface area contributed by atoms with Crippen molar-refractivity contribution in [1.82, 2.24) is 9.47 Å². The average Bonchev–Trinajstić information content (AvgIpc) is 2.85. The van der Waals surface area contributed by atoms with Gasteiger partial charge in [-0.25, -0.2) is 9.18 Å². The molecule has 0 bridgehead atoms. The Hall–Kier alpha value is -3.13. The van der Waals surface area contributed by atoms with Crippen LogP contribution in [0.15, 0.2) is 39.9 Å². The van der Waals surface area contributed by atoms with Gasteiger partial charge in [0.1, 0.15) is 17.9 Å². The summed E-state index contributed by atoms with van der Waals surface area (Å²) in [6.45, 7) is 8.85. The molecule has 1 aliphatic carbocycles. The average molecular weight is 482 g/mol. The molecule has 2 aromatic rings. The zero-order valence-electron chi connectivity index (χ0n) is 20.4. The molecule has 1 saturated heterocycles. The third kappa shape index (κ3) is 4.24. The van der Waals surface area contributed by atoms with E-state index in [2.05, 4.69) is 24.8 Å². The van der Waals surface area contributed by atoms with Crippen LogP contribution in [0.25, 0.3) is 10.9 Å². The number of carboxylic acids is 1. The lowest BCUT2D eigenvalue weighted by Gasteiger charge is -2.38. The SMILES string of the molecule is C/C=C(/CN1CCN(c2c(F)cc3c(=O)c(C(=O)O)cn4c3c2OCC4)CC1)C1=C(C)CCCC1. The number of nitrogens with zero attached hydrogens (tertiary/aromatic N) is 3. The summed E-state index contributed by atoms with van der Waals surface area (Å²) in [5.74, 6) is -1.52. The van der Waals surface area contributed by atoms with Crippen LogP contribution in [0.3, 0.4) is 0 Å². The first kappa shape index (κ1) is 23.6. The minimum atomic E-state index is -1.31. The normalized spacial score (nSPS) is 19.3. The van der Waals surface area contributed by atoms with Gasteiger partial charge in [-0.05, 0) is 56.7 Å². The van der Waals surface area contributed by atoms with Crippen LogP contribution in [0.5, 0.6) is 5.75 Å². The third-order valence-electron chi connectivity index (χ3n) is 7.62. The van der Waals surface area contributed by atoms with Crippen LogP contribution in [-0.2, 0) is 6.54 Å². The monoisotopic (exact) mass is 481 g/mol. The first-order chi connectivity index (χ1) is 16.9. The number of carbonyl (C=O) groups is 1. The number of piperazine rings is 1. The Balaban J connectivity index is 1.40. The molecule has 186 valence electrons. The number of anilines is 1. The molecule has 3 heterocycles. The lowest BCUT2D eigenvalue weighted by atomic mass is 9.87. The molecule has 5 rings (SSSR count). The molecule has 2 aliphatic heterocycles. The molecule has 0 unspecified atom stereocenters. The summed E-state index contributed by atoms with van der Waals surface area (Å²) in [7, 11) is 0. The first-order valence-electron chi connectivity index (χ1n) is 12.5. The fraction of sp³-hybridized carbons (Fsp3) is 0.481. The molecule has 35 heavy (non-hydrogen) atoms. The van der Waals surface area contributed by atoms with E-state index in [4.69, 9.17) is 4.74 Å². The summed E-state index contributed by atoms with van der Waals surface area (Å²) in [4.78, 5) is 28.7. The van der Waals surface area contributed by atoms with E-state index < -0.39 is 17.2 Å². The quantitative estimate of drug-likeness (QED) is 0.690. The number of ether oxygens (including phenoxy) is 1. The summed E-state index contributed by atoms with van der Waals surface area (Å²) in [5.41, 5.74) is 4.23. The van der Waals surface area contributed by atoms with Crippen LogP contribution in [0.2, 0.25) is 0 Å². The van der Waals surface area contributed by atoms with Crippen molar-refractivity contribution >= 4 is 22.6 Å². The zero-order valence-corrected chi connectivity index (χ0v) is 20.4. The molecule has 8 heteroatoms. The number of allylic oxidation sites excluding steroid dienone is 2. The second kappa shape index (κ2) is 9.49. The van der Waals surface area contributed by atoms with Crippen LogP contribution in [0, 0.1) is 5.82 Å². The number of hydrogen-bond acceptors (Lipinski definition) is 5. The highest BCUT2D eigenvalue weighted by Gasteiger charge is 2.30. The smallest absolute Gasteiger partial charge is 0.341 e. The number of carboxylic acid groups (broad SMARTS) is 1. The van der Waals surface area contributed by atoms with Gasteiger partial charge in [-0.2, -0.15) is 0 Å².